The summed E-state index contributed by atoms with van der Waals surface area (Å²) in [5.74, 6) is 1.87. The number of aromatic hydroxyl groups is 2. The van der Waals surface area contributed by atoms with E-state index in [0.717, 1.165) is 145 Å². The molecule has 0 unspecified atom stereocenters. The summed E-state index contributed by atoms with van der Waals surface area (Å²) in [5.41, 5.74) is 33.5. The SMILES string of the molecule is Cc1ccc(-c2ccnc(-c3[c-]c(-c4cccc5c4nc(-c4cc(C)cc(C(C)(C)C)c4O)n5-c4ccc(C(C)(C)C)cc4-c4ccccc4)cc(C(C)(C)C)c3)c2)cc1.Cc1ccc(-c2ccnc(-c3[c-]c(-c4cccc5c4nc(-c4cc(C)cc(C(C)(C)C)c4O)n5-c4ccc(C)cc4-c4ccccc4)cc(C(C)(C)C)c3)c2)cc1.[Pt].[Pt]. The number of imidazole rings is 2. The van der Waals surface area contributed by atoms with Crippen molar-refractivity contribution in [3.63, 3.8) is 0 Å². The zero-order chi connectivity index (χ0) is 82.9. The average molecular weight is 1920 g/mol. The van der Waals surface area contributed by atoms with Gasteiger partial charge in [-0.05, 0) is 172 Å². The molecule has 119 heavy (non-hydrogen) atoms. The van der Waals surface area contributed by atoms with Crippen LogP contribution in [0.25, 0.3) is 145 Å². The molecule has 2 N–H and O–H groups in total. The minimum atomic E-state index is -0.292. The minimum absolute atomic E-state index is 0. The topological polar surface area (TPSA) is 102 Å². The predicted molar refractivity (Wildman–Crippen MR) is 490 cm³/mol. The van der Waals surface area contributed by atoms with Crippen LogP contribution in [0.1, 0.15) is 159 Å². The van der Waals surface area contributed by atoms with Crippen molar-refractivity contribution in [1.82, 2.24) is 29.1 Å². The van der Waals surface area contributed by atoms with Crippen LogP contribution in [0.4, 0.5) is 0 Å². The molecule has 0 aliphatic heterocycles. The van der Waals surface area contributed by atoms with E-state index in [2.05, 4.69) is 408 Å². The van der Waals surface area contributed by atoms with Crippen molar-refractivity contribution >= 4 is 22.1 Å². The van der Waals surface area contributed by atoms with Gasteiger partial charge in [0, 0.05) is 88.2 Å². The van der Waals surface area contributed by atoms with E-state index in [-0.39, 0.29) is 80.7 Å². The number of phenols is 2. The van der Waals surface area contributed by atoms with Crippen molar-refractivity contribution < 1.29 is 52.3 Å². The number of hydrogen-bond donors (Lipinski definition) is 2. The third-order valence-electron chi connectivity index (χ3n) is 22.5. The maximum atomic E-state index is 12.3. The summed E-state index contributed by atoms with van der Waals surface area (Å²) >= 11 is 0. The van der Waals surface area contributed by atoms with Gasteiger partial charge in [-0.15, -0.1) is 58.7 Å². The first-order valence-corrected chi connectivity index (χ1v) is 40.8. The van der Waals surface area contributed by atoms with Crippen LogP contribution in [-0.4, -0.2) is 39.3 Å². The van der Waals surface area contributed by atoms with Crippen molar-refractivity contribution in [2.75, 3.05) is 0 Å². The van der Waals surface area contributed by atoms with E-state index in [9.17, 15) is 10.2 Å². The van der Waals surface area contributed by atoms with E-state index in [1.165, 1.54) is 33.4 Å². The normalized spacial score (nSPS) is 12.0. The summed E-state index contributed by atoms with van der Waals surface area (Å²) in [6, 6.07) is 98.0. The number of pyridine rings is 2. The molecule has 16 rings (SSSR count). The van der Waals surface area contributed by atoms with Crippen molar-refractivity contribution in [2.24, 2.45) is 0 Å². The molecule has 4 heterocycles. The van der Waals surface area contributed by atoms with Gasteiger partial charge in [-0.3, -0.25) is 19.1 Å². The number of para-hydroxylation sites is 2. The Morgan fingerprint density at radius 1 is 0.277 bits per heavy atom. The number of aromatic nitrogens is 6. The molecule has 0 amide bonds. The molecule has 0 atom stereocenters. The molecule has 12 aromatic carbocycles. The molecule has 0 aliphatic rings. The van der Waals surface area contributed by atoms with Crippen molar-refractivity contribution in [2.45, 2.75) is 166 Å². The largest absolute Gasteiger partial charge is 0.507 e. The second kappa shape index (κ2) is 33.6. The summed E-state index contributed by atoms with van der Waals surface area (Å²) in [7, 11) is 0. The van der Waals surface area contributed by atoms with Crippen LogP contribution in [-0.2, 0) is 69.2 Å². The first-order chi connectivity index (χ1) is 55.5. The molecule has 0 saturated carbocycles. The minimum Gasteiger partial charge on any atom is -0.507 e. The van der Waals surface area contributed by atoms with Gasteiger partial charge >= 0.3 is 0 Å². The monoisotopic (exact) mass is 1920 g/mol. The van der Waals surface area contributed by atoms with Gasteiger partial charge in [-0.2, -0.15) is 0 Å². The van der Waals surface area contributed by atoms with Gasteiger partial charge in [-0.1, -0.05) is 313 Å². The van der Waals surface area contributed by atoms with Crippen LogP contribution in [0.5, 0.6) is 11.5 Å². The van der Waals surface area contributed by atoms with Crippen LogP contribution in [0.2, 0.25) is 0 Å². The van der Waals surface area contributed by atoms with Crippen LogP contribution in [0.3, 0.4) is 0 Å². The summed E-state index contributed by atoms with van der Waals surface area (Å²) in [6.07, 6.45) is 3.79. The molecule has 10 heteroatoms. The number of aryl methyl sites for hydroxylation is 5. The van der Waals surface area contributed by atoms with Gasteiger partial charge < -0.3 is 10.2 Å². The van der Waals surface area contributed by atoms with E-state index in [1.807, 2.05) is 18.5 Å². The van der Waals surface area contributed by atoms with Crippen LogP contribution in [0.15, 0.2) is 267 Å². The van der Waals surface area contributed by atoms with Crippen molar-refractivity contribution in [1.29, 1.82) is 0 Å². The maximum Gasteiger partial charge on any atom is 0.148 e. The molecule has 0 fully saturated rings. The molecule has 8 nitrogen and oxygen atoms in total. The third kappa shape index (κ3) is 17.8. The number of benzene rings is 12. The molecular weight excluding hydrogens is 1820 g/mol. The summed E-state index contributed by atoms with van der Waals surface area (Å²) in [5, 5.41) is 24.4. The number of hydrogen-bond acceptors (Lipinski definition) is 6. The molecule has 0 radical (unpaired) electrons. The van der Waals surface area contributed by atoms with Gasteiger partial charge in [0.25, 0.3) is 0 Å². The van der Waals surface area contributed by atoms with Gasteiger partial charge in [0.05, 0.1) is 44.6 Å². The fraction of sp³-hybridized carbons (Fsp3) is 0.229. The maximum absolute atomic E-state index is 12.3. The summed E-state index contributed by atoms with van der Waals surface area (Å²) in [6.45, 7) is 43.6. The zero-order valence-electron chi connectivity index (χ0n) is 72.1. The smallest absolute Gasteiger partial charge is 0.148 e. The molecule has 0 bridgehead atoms. The number of rotatable bonds is 12. The molecular formula is C109H106N6O2Pt2-2. The third-order valence-corrected chi connectivity index (χ3v) is 22.5. The fourth-order valence-corrected chi connectivity index (χ4v) is 15.8. The zero-order valence-corrected chi connectivity index (χ0v) is 76.7. The Bertz CT molecular complexity index is 6450. The van der Waals surface area contributed by atoms with E-state index >= 15 is 0 Å². The van der Waals surface area contributed by atoms with E-state index in [4.69, 9.17) is 19.9 Å². The predicted octanol–water partition coefficient (Wildman–Crippen LogP) is 28.5. The number of phenolic OH excluding ortho intramolecular Hbond substituents is 2. The van der Waals surface area contributed by atoms with Gasteiger partial charge in [0.15, 0.2) is 0 Å². The molecule has 0 aliphatic carbocycles. The average Bonchev–Trinajstić information content (AvgIpc) is 1.59. The van der Waals surface area contributed by atoms with Crippen molar-refractivity contribution in [3.8, 4) is 135 Å². The molecule has 16 aromatic rings. The molecule has 0 spiro atoms. The summed E-state index contributed by atoms with van der Waals surface area (Å²) in [4.78, 5) is 20.9. The van der Waals surface area contributed by atoms with Gasteiger partial charge in [0.1, 0.15) is 23.1 Å². The Morgan fingerprint density at radius 2 is 0.639 bits per heavy atom. The standard InChI is InChI=1S/C56H56N3O.C53H50N3O.2Pt/c1-35-20-22-37(23-21-35)39-26-27-57-48(33-39)41-30-40(31-43(32-41)55(6,7)8)44-18-15-19-50-51(44)58-53(46-28-36(2)29-47(52(46)60)56(9,10)11)59(50)49-25-24-42(54(3,4)5)34-45(49)38-16-13-12-14-17-38;1-33-18-21-36(22-19-33)38-24-25-54-46(32-38)40-29-39(30-41(31-40)52(4,5)6)42-16-13-17-48-49(42)55-51(44-27-35(3)28-45(50(44)57)53(7,8)9)56(48)47-23-20-34(2)26-43(47)37-14-11-10-12-15-37;;/h12-29,31-34,60H,1-11H3;10-28,30-32,57H,1-9H3;;/q2*-1;;. The Kier molecular flexibility index (Phi) is 24.2. The second-order valence-corrected chi connectivity index (χ2v) is 37.0. The fourth-order valence-electron chi connectivity index (χ4n) is 15.8. The Labute approximate surface area is 733 Å². The Hall–Kier alpha value is -11.1. The second-order valence-electron chi connectivity index (χ2n) is 37.0. The number of nitrogens with zero attached hydrogens (tertiary/aromatic N) is 6. The number of fused-ring (bicyclic) bond motifs is 2. The van der Waals surface area contributed by atoms with E-state index in [0.29, 0.717) is 22.8 Å². The van der Waals surface area contributed by atoms with Crippen LogP contribution in [0, 0.1) is 46.8 Å². The van der Waals surface area contributed by atoms with Gasteiger partial charge in [0.2, 0.25) is 0 Å². The first-order valence-electron chi connectivity index (χ1n) is 40.8. The van der Waals surface area contributed by atoms with Gasteiger partial charge in [-0.25, -0.2) is 9.97 Å². The van der Waals surface area contributed by atoms with Crippen LogP contribution < -0.4 is 0 Å². The van der Waals surface area contributed by atoms with E-state index < -0.39 is 0 Å². The Morgan fingerprint density at radius 3 is 1.03 bits per heavy atom. The first kappa shape index (κ1) is 85.7. The molecule has 4 aromatic heterocycles. The summed E-state index contributed by atoms with van der Waals surface area (Å²) < 4.78 is 4.50. The van der Waals surface area contributed by atoms with Crippen molar-refractivity contribution in [3.05, 3.63) is 335 Å². The Balaban J connectivity index is 0.000000203. The molecule has 606 valence electrons. The quantitative estimate of drug-likeness (QED) is 0.118. The molecule has 0 saturated heterocycles. The van der Waals surface area contributed by atoms with Crippen LogP contribution >= 0.6 is 0 Å². The van der Waals surface area contributed by atoms with E-state index in [1.54, 1.807) is 0 Å².